The third-order valence-corrected chi connectivity index (χ3v) is 3.36. The average Bonchev–Trinajstić information content (AvgIpc) is 3.02. The number of rotatable bonds is 6. The first-order chi connectivity index (χ1) is 10.8. The molecule has 1 aromatic carbocycles. The number of hydrogen-bond acceptors (Lipinski definition) is 6. The number of nitrogens with zero attached hydrogens (tertiary/aromatic N) is 4. The van der Waals surface area contributed by atoms with Crippen LogP contribution >= 0.6 is 0 Å². The van der Waals surface area contributed by atoms with Gasteiger partial charge in [-0.1, -0.05) is 6.07 Å². The molecule has 0 fully saturated rings. The first kappa shape index (κ1) is 14.1. The zero-order valence-corrected chi connectivity index (χ0v) is 12.5. The predicted molar refractivity (Wildman–Crippen MR) is 82.5 cm³/mol. The molecule has 2 aromatic heterocycles. The third-order valence-electron chi connectivity index (χ3n) is 3.36. The Balaban J connectivity index is 1.65. The molecule has 2 heterocycles. The minimum Gasteiger partial charge on any atom is -0.497 e. The van der Waals surface area contributed by atoms with Crippen LogP contribution in [0.3, 0.4) is 0 Å². The van der Waals surface area contributed by atoms with Gasteiger partial charge in [-0.05, 0) is 30.2 Å². The van der Waals surface area contributed by atoms with Gasteiger partial charge in [0.2, 0.25) is 0 Å². The Kier molecular flexibility index (Phi) is 4.04. The van der Waals surface area contributed by atoms with Gasteiger partial charge in [0.25, 0.3) is 0 Å². The zero-order valence-electron chi connectivity index (χ0n) is 12.5. The fraction of sp³-hybridized carbons (Fsp3) is 0.267. The van der Waals surface area contributed by atoms with E-state index < -0.39 is 0 Å². The van der Waals surface area contributed by atoms with Crippen molar-refractivity contribution < 1.29 is 9.47 Å². The summed E-state index contributed by atoms with van der Waals surface area (Å²) >= 11 is 0. The van der Waals surface area contributed by atoms with E-state index in [0.29, 0.717) is 0 Å². The molecule has 7 nitrogen and oxygen atoms in total. The Morgan fingerprint density at radius 1 is 1.14 bits per heavy atom. The monoisotopic (exact) mass is 299 g/mol. The Hall–Kier alpha value is -2.83. The van der Waals surface area contributed by atoms with E-state index in [1.54, 1.807) is 25.1 Å². The summed E-state index contributed by atoms with van der Waals surface area (Å²) < 4.78 is 12.2. The first-order valence-electron chi connectivity index (χ1n) is 6.92. The first-order valence-corrected chi connectivity index (χ1v) is 6.92. The second-order valence-corrected chi connectivity index (χ2v) is 4.71. The summed E-state index contributed by atoms with van der Waals surface area (Å²) in [6, 6.07) is 9.58. The molecule has 0 bridgehead atoms. The Bertz CT molecular complexity index is 771. The highest BCUT2D eigenvalue weighted by atomic mass is 16.5. The number of hydrogen-bond donors (Lipinski definition) is 1. The molecule has 3 rings (SSSR count). The van der Waals surface area contributed by atoms with E-state index in [4.69, 9.17) is 9.47 Å². The summed E-state index contributed by atoms with van der Waals surface area (Å²) in [6.07, 6.45) is 2.39. The van der Waals surface area contributed by atoms with E-state index in [-0.39, 0.29) is 0 Å². The summed E-state index contributed by atoms with van der Waals surface area (Å²) in [5.41, 5.74) is 1.84. The molecule has 0 aliphatic rings. The van der Waals surface area contributed by atoms with Gasteiger partial charge in [-0.2, -0.15) is 4.52 Å². The van der Waals surface area contributed by atoms with Gasteiger partial charge < -0.3 is 14.8 Å². The summed E-state index contributed by atoms with van der Waals surface area (Å²) in [5.74, 6) is 2.39. The van der Waals surface area contributed by atoms with Crippen LogP contribution in [0.1, 0.15) is 5.56 Å². The summed E-state index contributed by atoms with van der Waals surface area (Å²) in [7, 11) is 3.30. The molecule has 0 aliphatic heterocycles. The van der Waals surface area contributed by atoms with Crippen molar-refractivity contribution in [1.82, 2.24) is 19.8 Å². The lowest BCUT2D eigenvalue weighted by Crippen LogP contribution is -2.08. The van der Waals surface area contributed by atoms with Gasteiger partial charge in [0.05, 0.1) is 14.2 Å². The minimum atomic E-state index is 0.724. The van der Waals surface area contributed by atoms with Gasteiger partial charge in [0.15, 0.2) is 5.65 Å². The van der Waals surface area contributed by atoms with Crippen LogP contribution in [0.4, 0.5) is 5.82 Å². The lowest BCUT2D eigenvalue weighted by molar-refractivity contribution is 0.391. The van der Waals surface area contributed by atoms with Crippen molar-refractivity contribution in [1.29, 1.82) is 0 Å². The molecule has 7 heteroatoms. The van der Waals surface area contributed by atoms with E-state index in [2.05, 4.69) is 20.6 Å². The van der Waals surface area contributed by atoms with E-state index in [9.17, 15) is 0 Å². The summed E-state index contributed by atoms with van der Waals surface area (Å²) in [5, 5.41) is 15.4. The summed E-state index contributed by atoms with van der Waals surface area (Å²) in [4.78, 5) is 0. The van der Waals surface area contributed by atoms with Crippen LogP contribution in [0.15, 0.2) is 36.7 Å². The highest BCUT2D eigenvalue weighted by molar-refractivity contribution is 5.44. The van der Waals surface area contributed by atoms with Crippen molar-refractivity contribution >= 4 is 11.5 Å². The van der Waals surface area contributed by atoms with Crippen LogP contribution in [0.5, 0.6) is 11.5 Å². The van der Waals surface area contributed by atoms with E-state index >= 15 is 0 Å². The molecule has 0 aliphatic carbocycles. The number of anilines is 1. The Morgan fingerprint density at radius 3 is 2.86 bits per heavy atom. The molecule has 1 N–H and O–H groups in total. The summed E-state index contributed by atoms with van der Waals surface area (Å²) in [6.45, 7) is 0.739. The normalized spacial score (nSPS) is 10.6. The molecule has 0 unspecified atom stereocenters. The molecular formula is C15H17N5O2. The van der Waals surface area contributed by atoms with Crippen LogP contribution in [-0.4, -0.2) is 40.6 Å². The van der Waals surface area contributed by atoms with Gasteiger partial charge >= 0.3 is 0 Å². The largest absolute Gasteiger partial charge is 0.497 e. The van der Waals surface area contributed by atoms with Gasteiger partial charge in [-0.3, -0.25) is 0 Å². The number of nitrogens with one attached hydrogen (secondary N) is 1. The van der Waals surface area contributed by atoms with E-state index in [1.165, 1.54) is 0 Å². The maximum atomic E-state index is 5.39. The Labute approximate surface area is 127 Å². The standard InChI is InChI=1S/C15H17N5O2/c1-21-12-4-3-11(13(9-12)22-2)7-8-16-14-5-6-15-18-17-10-20(15)19-14/h3-6,9-10H,7-8H2,1-2H3,(H,16,19). The van der Waals surface area contributed by atoms with Crippen LogP contribution in [0.25, 0.3) is 5.65 Å². The second-order valence-electron chi connectivity index (χ2n) is 4.71. The molecule has 22 heavy (non-hydrogen) atoms. The van der Waals surface area contributed by atoms with Crippen LogP contribution in [-0.2, 0) is 6.42 Å². The van der Waals surface area contributed by atoms with Gasteiger partial charge in [-0.25, -0.2) is 0 Å². The Morgan fingerprint density at radius 2 is 2.05 bits per heavy atom. The van der Waals surface area contributed by atoms with E-state index in [1.807, 2.05) is 30.3 Å². The van der Waals surface area contributed by atoms with Crippen molar-refractivity contribution in [3.05, 3.63) is 42.2 Å². The maximum absolute atomic E-state index is 5.39. The molecule has 3 aromatic rings. The van der Waals surface area contributed by atoms with Crippen LogP contribution < -0.4 is 14.8 Å². The number of benzene rings is 1. The van der Waals surface area contributed by atoms with Crippen molar-refractivity contribution in [2.45, 2.75) is 6.42 Å². The SMILES string of the molecule is COc1ccc(CCNc2ccc3nncn3n2)c(OC)c1. The lowest BCUT2D eigenvalue weighted by Gasteiger charge is -2.11. The van der Waals surface area contributed by atoms with Crippen molar-refractivity contribution in [2.75, 3.05) is 26.1 Å². The highest BCUT2D eigenvalue weighted by Crippen LogP contribution is 2.24. The smallest absolute Gasteiger partial charge is 0.177 e. The number of aromatic nitrogens is 4. The van der Waals surface area contributed by atoms with Gasteiger partial charge in [-0.15, -0.1) is 15.3 Å². The highest BCUT2D eigenvalue weighted by Gasteiger charge is 2.05. The molecule has 0 atom stereocenters. The molecule has 0 radical (unpaired) electrons. The fourth-order valence-electron chi connectivity index (χ4n) is 2.21. The number of ether oxygens (including phenoxy) is 2. The van der Waals surface area contributed by atoms with Crippen molar-refractivity contribution in [2.24, 2.45) is 0 Å². The zero-order chi connectivity index (χ0) is 15.4. The molecule has 0 amide bonds. The third kappa shape index (κ3) is 2.93. The lowest BCUT2D eigenvalue weighted by atomic mass is 10.1. The van der Waals surface area contributed by atoms with Gasteiger partial charge in [0.1, 0.15) is 23.6 Å². The fourth-order valence-corrected chi connectivity index (χ4v) is 2.21. The second kappa shape index (κ2) is 6.30. The molecule has 0 saturated heterocycles. The van der Waals surface area contributed by atoms with E-state index in [0.717, 1.165) is 41.5 Å². The molecule has 114 valence electrons. The average molecular weight is 299 g/mol. The number of fused-ring (bicyclic) bond motifs is 1. The predicted octanol–water partition coefficient (Wildman–Crippen LogP) is 1.80. The molecule has 0 saturated carbocycles. The molecular weight excluding hydrogens is 282 g/mol. The van der Waals surface area contributed by atoms with Crippen LogP contribution in [0, 0.1) is 0 Å². The minimum absolute atomic E-state index is 0.724. The maximum Gasteiger partial charge on any atom is 0.177 e. The quantitative estimate of drug-likeness (QED) is 0.748. The number of methoxy groups -OCH3 is 2. The van der Waals surface area contributed by atoms with Crippen molar-refractivity contribution in [3.8, 4) is 11.5 Å². The van der Waals surface area contributed by atoms with Gasteiger partial charge in [0, 0.05) is 12.6 Å². The molecule has 0 spiro atoms. The topological polar surface area (TPSA) is 73.6 Å². The van der Waals surface area contributed by atoms with Crippen molar-refractivity contribution in [3.63, 3.8) is 0 Å². The van der Waals surface area contributed by atoms with Crippen LogP contribution in [0.2, 0.25) is 0 Å².